The van der Waals surface area contributed by atoms with Crippen LogP contribution in [-0.2, 0) is 18.0 Å². The molecular weight excluding hydrogens is 386 g/mol. The molecule has 0 saturated carbocycles. The summed E-state index contributed by atoms with van der Waals surface area (Å²) >= 11 is 0. The number of aromatic nitrogens is 4. The van der Waals surface area contributed by atoms with Gasteiger partial charge in [-0.1, -0.05) is 34.1 Å². The Kier molecular flexibility index (Phi) is 6.10. The number of imidazole rings is 1. The molecule has 8 nitrogen and oxygen atoms in total. The van der Waals surface area contributed by atoms with Crippen LogP contribution in [0, 0.1) is 11.3 Å². The molecule has 0 radical (unpaired) electrons. The van der Waals surface area contributed by atoms with Crippen LogP contribution in [-0.4, -0.2) is 34.3 Å². The van der Waals surface area contributed by atoms with Gasteiger partial charge in [-0.15, -0.1) is 0 Å². The summed E-state index contributed by atoms with van der Waals surface area (Å²) in [6.07, 6.45) is 2.08. The third-order valence-electron chi connectivity index (χ3n) is 6.08. The standard InChI is InChI=1S/C20H35N5O3Si/c1-13(20(2,3)4)9-8-10-14(28-29(6)7)25-17(26)15-16(23(5)19(25)27)22-18-21-11-12-24(15)18/h13-14,29H,8-12H2,1-7H3,(H,21,22). The molecule has 0 fully saturated rings. The summed E-state index contributed by atoms with van der Waals surface area (Å²) in [6.45, 7) is 14.5. The summed E-state index contributed by atoms with van der Waals surface area (Å²) < 4.78 is 10.9. The molecular formula is C20H35N5O3Si. The van der Waals surface area contributed by atoms with E-state index in [0.29, 0.717) is 36.0 Å². The highest BCUT2D eigenvalue weighted by molar-refractivity contribution is 6.48. The Morgan fingerprint density at radius 3 is 2.55 bits per heavy atom. The molecule has 2 aromatic heterocycles. The lowest BCUT2D eigenvalue weighted by atomic mass is 9.79. The molecule has 0 saturated heterocycles. The number of nitrogens with zero attached hydrogens (tertiary/aromatic N) is 4. The highest BCUT2D eigenvalue weighted by Gasteiger charge is 2.27. The number of aryl methyl sites for hydroxylation is 1. The van der Waals surface area contributed by atoms with Crippen molar-refractivity contribution >= 4 is 26.2 Å². The van der Waals surface area contributed by atoms with Crippen LogP contribution in [0.25, 0.3) is 11.2 Å². The largest absolute Gasteiger partial charge is 0.400 e. The van der Waals surface area contributed by atoms with E-state index in [0.717, 1.165) is 19.4 Å². The number of fused-ring (bicyclic) bond motifs is 3. The summed E-state index contributed by atoms with van der Waals surface area (Å²) in [7, 11) is 0.213. The number of rotatable bonds is 7. The van der Waals surface area contributed by atoms with Gasteiger partial charge in [0.25, 0.3) is 5.56 Å². The molecule has 162 valence electrons. The second kappa shape index (κ2) is 8.10. The van der Waals surface area contributed by atoms with Crippen molar-refractivity contribution in [2.75, 3.05) is 11.9 Å². The second-order valence-corrected chi connectivity index (χ2v) is 11.9. The molecule has 2 unspecified atom stereocenters. The number of hydrogen-bond acceptors (Lipinski definition) is 5. The first-order chi connectivity index (χ1) is 13.5. The molecule has 0 amide bonds. The lowest BCUT2D eigenvalue weighted by molar-refractivity contribution is 0.104. The zero-order chi connectivity index (χ0) is 21.5. The molecule has 1 aliphatic rings. The van der Waals surface area contributed by atoms with E-state index in [1.54, 1.807) is 7.05 Å². The van der Waals surface area contributed by atoms with Crippen LogP contribution >= 0.6 is 0 Å². The summed E-state index contributed by atoms with van der Waals surface area (Å²) in [6, 6.07) is 0. The molecule has 3 rings (SSSR count). The highest BCUT2D eigenvalue weighted by atomic mass is 28.3. The van der Waals surface area contributed by atoms with Gasteiger partial charge in [-0.3, -0.25) is 9.36 Å². The Hall–Kier alpha value is -1.87. The van der Waals surface area contributed by atoms with E-state index in [1.807, 2.05) is 4.57 Å². The first-order valence-electron chi connectivity index (χ1n) is 10.6. The van der Waals surface area contributed by atoms with Crippen molar-refractivity contribution in [2.24, 2.45) is 18.4 Å². The van der Waals surface area contributed by atoms with Crippen LogP contribution in [0.15, 0.2) is 9.59 Å². The van der Waals surface area contributed by atoms with Gasteiger partial charge in [-0.2, -0.15) is 4.98 Å². The molecule has 9 heteroatoms. The molecule has 3 heterocycles. The molecule has 0 aliphatic carbocycles. The Balaban J connectivity index is 1.99. The van der Waals surface area contributed by atoms with E-state index in [-0.39, 0.29) is 16.7 Å². The quantitative estimate of drug-likeness (QED) is 0.695. The van der Waals surface area contributed by atoms with Gasteiger partial charge in [0.05, 0.1) is 0 Å². The van der Waals surface area contributed by atoms with Gasteiger partial charge in [0, 0.05) is 20.1 Å². The average molecular weight is 422 g/mol. The predicted octanol–water partition coefficient (Wildman–Crippen LogP) is 2.67. The van der Waals surface area contributed by atoms with Crippen LogP contribution in [0.5, 0.6) is 0 Å². The monoisotopic (exact) mass is 421 g/mol. The first kappa shape index (κ1) is 21.8. The summed E-state index contributed by atoms with van der Waals surface area (Å²) in [5, 5.41) is 3.17. The van der Waals surface area contributed by atoms with E-state index in [9.17, 15) is 9.59 Å². The Morgan fingerprint density at radius 2 is 1.93 bits per heavy atom. The molecule has 0 spiro atoms. The lowest BCUT2D eigenvalue weighted by Gasteiger charge is -2.28. The minimum atomic E-state index is -1.46. The molecule has 0 aromatic carbocycles. The predicted molar refractivity (Wildman–Crippen MR) is 119 cm³/mol. The summed E-state index contributed by atoms with van der Waals surface area (Å²) in [5.41, 5.74) is 0.492. The molecule has 29 heavy (non-hydrogen) atoms. The van der Waals surface area contributed by atoms with Crippen molar-refractivity contribution in [3.05, 3.63) is 20.8 Å². The minimum absolute atomic E-state index is 0.236. The highest BCUT2D eigenvalue weighted by Crippen LogP contribution is 2.30. The molecule has 0 bridgehead atoms. The van der Waals surface area contributed by atoms with Crippen molar-refractivity contribution < 1.29 is 4.43 Å². The molecule has 2 aromatic rings. The van der Waals surface area contributed by atoms with Crippen LogP contribution in [0.2, 0.25) is 13.1 Å². The maximum absolute atomic E-state index is 13.4. The maximum atomic E-state index is 13.4. The Labute approximate surface area is 173 Å². The fourth-order valence-electron chi connectivity index (χ4n) is 3.83. The molecule has 1 aliphatic heterocycles. The van der Waals surface area contributed by atoms with Gasteiger partial charge >= 0.3 is 5.69 Å². The maximum Gasteiger partial charge on any atom is 0.334 e. The van der Waals surface area contributed by atoms with Crippen molar-refractivity contribution in [3.63, 3.8) is 0 Å². The number of nitrogens with one attached hydrogen (secondary N) is 1. The van der Waals surface area contributed by atoms with Gasteiger partial charge in [0.1, 0.15) is 6.23 Å². The van der Waals surface area contributed by atoms with Crippen molar-refractivity contribution in [1.29, 1.82) is 0 Å². The topological polar surface area (TPSA) is 83.1 Å². The SMILES string of the molecule is CC(CCCC(O[SiH](C)C)n1c(=O)c2c(nc3n2CCN3)n(C)c1=O)C(C)(C)C. The Morgan fingerprint density at radius 1 is 1.24 bits per heavy atom. The van der Waals surface area contributed by atoms with Gasteiger partial charge in [0.2, 0.25) is 5.95 Å². The van der Waals surface area contributed by atoms with Gasteiger partial charge in [-0.05, 0) is 37.3 Å². The third kappa shape index (κ3) is 4.21. The zero-order valence-corrected chi connectivity index (χ0v) is 19.9. The zero-order valence-electron chi connectivity index (χ0n) is 18.8. The van der Waals surface area contributed by atoms with E-state index in [2.05, 4.69) is 51.1 Å². The van der Waals surface area contributed by atoms with Crippen LogP contribution < -0.4 is 16.6 Å². The van der Waals surface area contributed by atoms with Crippen LogP contribution in [0.3, 0.4) is 0 Å². The first-order valence-corrected chi connectivity index (χ1v) is 13.4. The van der Waals surface area contributed by atoms with Gasteiger partial charge < -0.3 is 14.3 Å². The second-order valence-electron chi connectivity index (χ2n) is 9.54. The normalized spacial score (nSPS) is 16.3. The minimum Gasteiger partial charge on any atom is -0.400 e. The van der Waals surface area contributed by atoms with E-state index in [1.165, 1.54) is 9.13 Å². The summed E-state index contributed by atoms with van der Waals surface area (Å²) in [4.78, 5) is 31.0. The van der Waals surface area contributed by atoms with Crippen molar-refractivity contribution in [2.45, 2.75) is 72.8 Å². The fraction of sp³-hybridized carbons (Fsp3) is 0.750. The third-order valence-corrected chi connectivity index (χ3v) is 6.94. The molecule has 2 atom stereocenters. The van der Waals surface area contributed by atoms with E-state index >= 15 is 0 Å². The van der Waals surface area contributed by atoms with Crippen molar-refractivity contribution in [1.82, 2.24) is 18.7 Å². The Bertz CT molecular complexity index is 999. The molecule has 1 N–H and O–H groups in total. The lowest BCUT2D eigenvalue weighted by Crippen LogP contribution is -2.43. The van der Waals surface area contributed by atoms with Gasteiger partial charge in [-0.25, -0.2) is 9.36 Å². The van der Waals surface area contributed by atoms with Crippen LogP contribution in [0.1, 0.15) is 53.2 Å². The summed E-state index contributed by atoms with van der Waals surface area (Å²) in [5.74, 6) is 1.20. The number of hydrogen-bond donors (Lipinski definition) is 1. The average Bonchev–Trinajstić information content (AvgIpc) is 3.19. The van der Waals surface area contributed by atoms with Crippen LogP contribution in [0.4, 0.5) is 5.95 Å². The van der Waals surface area contributed by atoms with E-state index in [4.69, 9.17) is 4.43 Å². The smallest absolute Gasteiger partial charge is 0.334 e. The van der Waals surface area contributed by atoms with Crippen molar-refractivity contribution in [3.8, 4) is 0 Å². The van der Waals surface area contributed by atoms with E-state index < -0.39 is 15.3 Å². The fourth-order valence-corrected chi connectivity index (χ4v) is 4.71. The number of anilines is 1. The van der Waals surface area contributed by atoms with Gasteiger partial charge in [0.15, 0.2) is 20.2 Å².